The first-order valence-corrected chi connectivity index (χ1v) is 6.69. The third-order valence-corrected chi connectivity index (χ3v) is 3.64. The molecule has 1 N–H and O–H groups in total. The molecule has 0 aromatic rings. The zero-order valence-corrected chi connectivity index (χ0v) is 10.8. The summed E-state index contributed by atoms with van der Waals surface area (Å²) in [4.78, 5) is 2.64. The largest absolute Gasteiger partial charge is 0.305 e. The van der Waals surface area contributed by atoms with Crippen LogP contribution < -0.4 is 5.32 Å². The highest BCUT2D eigenvalue weighted by molar-refractivity contribution is 4.88. The second kappa shape index (κ2) is 7.70. The highest BCUT2D eigenvalue weighted by Crippen LogP contribution is 2.23. The van der Waals surface area contributed by atoms with Crippen molar-refractivity contribution < 1.29 is 0 Å². The van der Waals surface area contributed by atoms with Gasteiger partial charge in [-0.25, -0.2) is 0 Å². The molecule has 1 fully saturated rings. The van der Waals surface area contributed by atoms with E-state index in [4.69, 9.17) is 6.42 Å². The summed E-state index contributed by atoms with van der Waals surface area (Å²) < 4.78 is 0. The summed E-state index contributed by atoms with van der Waals surface area (Å²) in [5, 5.41) is 3.31. The molecule has 0 aromatic carbocycles. The molecule has 1 unspecified atom stereocenters. The first-order valence-electron chi connectivity index (χ1n) is 6.69. The van der Waals surface area contributed by atoms with Crippen molar-refractivity contribution in [2.75, 3.05) is 19.6 Å². The van der Waals surface area contributed by atoms with Crippen LogP contribution in [0.2, 0.25) is 0 Å². The summed E-state index contributed by atoms with van der Waals surface area (Å²) in [5.74, 6) is 2.63. The van der Waals surface area contributed by atoms with Gasteiger partial charge in [0.25, 0.3) is 0 Å². The zero-order chi connectivity index (χ0) is 11.8. The predicted molar refractivity (Wildman–Crippen MR) is 70.4 cm³/mol. The molecular weight excluding hydrogens is 196 g/mol. The molecule has 0 aromatic heterocycles. The van der Waals surface area contributed by atoms with E-state index in [0.717, 1.165) is 19.1 Å². The second-order valence-electron chi connectivity index (χ2n) is 4.81. The molecular formula is C14H26N2. The maximum Gasteiger partial charge on any atom is 0.0574 e. The average molecular weight is 222 g/mol. The third-order valence-electron chi connectivity index (χ3n) is 3.64. The zero-order valence-electron chi connectivity index (χ0n) is 10.8. The van der Waals surface area contributed by atoms with Gasteiger partial charge in [0.15, 0.2) is 0 Å². The van der Waals surface area contributed by atoms with E-state index in [1.54, 1.807) is 0 Å². The Bertz CT molecular complexity index is 213. The molecule has 0 spiro atoms. The minimum Gasteiger partial charge on any atom is -0.305 e. The molecule has 0 amide bonds. The number of rotatable bonds is 6. The van der Waals surface area contributed by atoms with E-state index in [2.05, 4.69) is 30.0 Å². The van der Waals surface area contributed by atoms with Crippen LogP contribution in [0.5, 0.6) is 0 Å². The van der Waals surface area contributed by atoms with Crippen LogP contribution in [0, 0.1) is 12.3 Å². The molecule has 1 aliphatic rings. The molecule has 0 radical (unpaired) electrons. The SMILES string of the molecule is C#CCNCC(C)N(CC)C1CCCCC1. The summed E-state index contributed by atoms with van der Waals surface area (Å²) in [6.45, 7) is 7.43. The van der Waals surface area contributed by atoms with Gasteiger partial charge in [-0.15, -0.1) is 6.42 Å². The number of terminal acetylenes is 1. The number of hydrogen-bond acceptors (Lipinski definition) is 2. The topological polar surface area (TPSA) is 15.3 Å². The van der Waals surface area contributed by atoms with E-state index in [1.165, 1.54) is 32.1 Å². The van der Waals surface area contributed by atoms with Crippen LogP contribution in [-0.4, -0.2) is 36.6 Å². The van der Waals surface area contributed by atoms with E-state index >= 15 is 0 Å². The lowest BCUT2D eigenvalue weighted by Crippen LogP contribution is -2.47. The molecule has 92 valence electrons. The lowest BCUT2D eigenvalue weighted by Gasteiger charge is -2.38. The van der Waals surface area contributed by atoms with Crippen molar-refractivity contribution in [2.45, 2.75) is 58.0 Å². The highest BCUT2D eigenvalue weighted by Gasteiger charge is 2.23. The number of nitrogens with one attached hydrogen (secondary N) is 1. The van der Waals surface area contributed by atoms with Gasteiger partial charge in [0.2, 0.25) is 0 Å². The summed E-state index contributed by atoms with van der Waals surface area (Å²) in [5.41, 5.74) is 0. The van der Waals surface area contributed by atoms with Gasteiger partial charge in [0, 0.05) is 18.6 Å². The Morgan fingerprint density at radius 1 is 1.38 bits per heavy atom. The Labute approximate surface area is 101 Å². The van der Waals surface area contributed by atoms with Gasteiger partial charge >= 0.3 is 0 Å². The van der Waals surface area contributed by atoms with Crippen molar-refractivity contribution in [1.29, 1.82) is 0 Å². The maximum atomic E-state index is 5.24. The number of nitrogens with zero attached hydrogens (tertiary/aromatic N) is 1. The van der Waals surface area contributed by atoms with E-state index < -0.39 is 0 Å². The van der Waals surface area contributed by atoms with Crippen LogP contribution in [0.25, 0.3) is 0 Å². The monoisotopic (exact) mass is 222 g/mol. The maximum absolute atomic E-state index is 5.24. The molecule has 2 heteroatoms. The summed E-state index contributed by atoms with van der Waals surface area (Å²) in [6.07, 6.45) is 12.2. The van der Waals surface area contributed by atoms with Crippen LogP contribution >= 0.6 is 0 Å². The molecule has 0 saturated heterocycles. The highest BCUT2D eigenvalue weighted by atomic mass is 15.2. The Hall–Kier alpha value is -0.520. The fraction of sp³-hybridized carbons (Fsp3) is 0.857. The fourth-order valence-corrected chi connectivity index (χ4v) is 2.81. The fourth-order valence-electron chi connectivity index (χ4n) is 2.81. The van der Waals surface area contributed by atoms with Crippen LogP contribution in [-0.2, 0) is 0 Å². The van der Waals surface area contributed by atoms with Gasteiger partial charge < -0.3 is 5.32 Å². The van der Waals surface area contributed by atoms with E-state index in [1.807, 2.05) is 0 Å². The molecule has 16 heavy (non-hydrogen) atoms. The first-order chi connectivity index (χ1) is 7.79. The molecule has 0 aliphatic heterocycles. The van der Waals surface area contributed by atoms with Gasteiger partial charge in [-0.3, -0.25) is 4.90 Å². The molecule has 1 rings (SSSR count). The lowest BCUT2D eigenvalue weighted by molar-refractivity contribution is 0.118. The van der Waals surface area contributed by atoms with Crippen LogP contribution in [0.1, 0.15) is 46.0 Å². The molecule has 0 bridgehead atoms. The van der Waals surface area contributed by atoms with Crippen molar-refractivity contribution >= 4 is 0 Å². The minimum atomic E-state index is 0.599. The van der Waals surface area contributed by atoms with Gasteiger partial charge in [-0.2, -0.15) is 0 Å². The molecule has 1 saturated carbocycles. The first kappa shape index (κ1) is 13.5. The Morgan fingerprint density at radius 2 is 2.06 bits per heavy atom. The van der Waals surface area contributed by atoms with Gasteiger partial charge in [0.1, 0.15) is 0 Å². The van der Waals surface area contributed by atoms with Gasteiger partial charge in [-0.05, 0) is 26.3 Å². The Kier molecular flexibility index (Phi) is 6.52. The van der Waals surface area contributed by atoms with E-state index in [-0.39, 0.29) is 0 Å². The average Bonchev–Trinajstić information content (AvgIpc) is 2.32. The van der Waals surface area contributed by atoms with Crippen LogP contribution in [0.3, 0.4) is 0 Å². The van der Waals surface area contributed by atoms with E-state index in [9.17, 15) is 0 Å². The number of hydrogen-bond donors (Lipinski definition) is 1. The van der Waals surface area contributed by atoms with Gasteiger partial charge in [0.05, 0.1) is 6.54 Å². The predicted octanol–water partition coefficient (Wildman–Crippen LogP) is 2.25. The molecule has 2 nitrogen and oxygen atoms in total. The molecule has 1 aliphatic carbocycles. The standard InChI is InChI=1S/C14H26N2/c1-4-11-15-12-13(3)16(5-2)14-9-7-6-8-10-14/h1,13-15H,5-12H2,2-3H3. The van der Waals surface area contributed by atoms with Crippen molar-refractivity contribution in [1.82, 2.24) is 10.2 Å². The smallest absolute Gasteiger partial charge is 0.0574 e. The third kappa shape index (κ3) is 4.15. The molecule has 1 atom stereocenters. The van der Waals surface area contributed by atoms with Crippen molar-refractivity contribution in [3.05, 3.63) is 0 Å². The lowest BCUT2D eigenvalue weighted by atomic mass is 9.93. The Balaban J connectivity index is 2.36. The van der Waals surface area contributed by atoms with Crippen LogP contribution in [0.15, 0.2) is 0 Å². The molecule has 0 heterocycles. The van der Waals surface area contributed by atoms with Gasteiger partial charge in [-0.1, -0.05) is 32.1 Å². The van der Waals surface area contributed by atoms with Crippen LogP contribution in [0.4, 0.5) is 0 Å². The van der Waals surface area contributed by atoms with Crippen molar-refractivity contribution in [3.8, 4) is 12.3 Å². The minimum absolute atomic E-state index is 0.599. The quantitative estimate of drug-likeness (QED) is 0.548. The van der Waals surface area contributed by atoms with E-state index in [0.29, 0.717) is 12.6 Å². The Morgan fingerprint density at radius 3 is 2.62 bits per heavy atom. The second-order valence-corrected chi connectivity index (χ2v) is 4.81. The van der Waals surface area contributed by atoms with Crippen molar-refractivity contribution in [2.24, 2.45) is 0 Å². The van der Waals surface area contributed by atoms with Crippen molar-refractivity contribution in [3.63, 3.8) is 0 Å². The summed E-state index contributed by atoms with van der Waals surface area (Å²) in [7, 11) is 0. The number of likely N-dealkylation sites (N-methyl/N-ethyl adjacent to an activating group) is 1. The summed E-state index contributed by atoms with van der Waals surface area (Å²) in [6, 6.07) is 1.41. The normalized spacial score (nSPS) is 19.6. The summed E-state index contributed by atoms with van der Waals surface area (Å²) >= 11 is 0.